The van der Waals surface area contributed by atoms with Gasteiger partial charge in [0, 0.05) is 21.7 Å². The van der Waals surface area contributed by atoms with Crippen LogP contribution in [0.2, 0.25) is 0 Å². The molecular weight excluding hydrogens is 112 g/mol. The fourth-order valence-electron chi connectivity index (χ4n) is 0. The van der Waals surface area contributed by atoms with Crippen molar-refractivity contribution in [2.45, 2.75) is 6.92 Å². The van der Waals surface area contributed by atoms with Crippen LogP contribution in [0.1, 0.15) is 9.78 Å². The average Bonchev–Trinajstić information content (AvgIpc) is 0.918. The van der Waals surface area contributed by atoms with Gasteiger partial charge in [0.05, 0.1) is 0 Å². The molecule has 0 aromatic carbocycles. The van der Waals surface area contributed by atoms with Gasteiger partial charge in [-0.25, -0.2) is 0 Å². The molecule has 5 heavy (non-hydrogen) atoms. The van der Waals surface area contributed by atoms with Crippen LogP contribution in [0, 0.1) is 0 Å². The monoisotopic (exact) mass is 118 g/mol. The molecule has 1 nitrogen and oxygen atoms in total. The zero-order chi connectivity index (χ0) is 2.71. The third-order valence-electron chi connectivity index (χ3n) is 0. The van der Waals surface area contributed by atoms with Crippen molar-refractivity contribution < 1.29 is 29.4 Å². The van der Waals surface area contributed by atoms with E-state index in [1.807, 2.05) is 0 Å². The van der Waals surface area contributed by atoms with E-state index in [-0.39, 0.29) is 47.6 Å². The van der Waals surface area contributed by atoms with Gasteiger partial charge >= 0.3 is 23.1 Å². The van der Waals surface area contributed by atoms with Gasteiger partial charge in [-0.1, -0.05) is 0 Å². The molecule has 0 saturated carbocycles. The molecule has 0 aliphatic rings. The first kappa shape index (κ1) is 16.4. The second-order valence-corrected chi connectivity index (χ2v) is 0.236. The van der Waals surface area contributed by atoms with E-state index >= 15 is 0 Å². The molecule has 0 aromatic heterocycles. The largest absolute Gasteiger partial charge is 2.00 e. The van der Waals surface area contributed by atoms with Crippen molar-refractivity contribution >= 4 is 29.3 Å². The SMILES string of the molecule is CC=O.[H-].[H-].[Mg+2].[Ti]. The smallest absolute Gasteiger partial charge is 1.00 e. The summed E-state index contributed by atoms with van der Waals surface area (Å²) in [7, 11) is 0. The van der Waals surface area contributed by atoms with Crippen molar-refractivity contribution in [2.24, 2.45) is 0 Å². The quantitative estimate of drug-likeness (QED) is 0.324. The van der Waals surface area contributed by atoms with Gasteiger partial charge in [-0.05, 0) is 6.92 Å². The molecule has 0 fully saturated rings. The molecule has 0 rings (SSSR count). The number of aldehydes is 1. The molecule has 0 unspecified atom stereocenters. The van der Waals surface area contributed by atoms with Gasteiger partial charge in [-0.15, -0.1) is 0 Å². The maximum absolute atomic E-state index is 8.81. The third kappa shape index (κ3) is 38.6. The summed E-state index contributed by atoms with van der Waals surface area (Å²) in [5.41, 5.74) is 0. The Bertz CT molecular complexity index is 23.2. The van der Waals surface area contributed by atoms with Crippen molar-refractivity contribution in [2.75, 3.05) is 0 Å². The molecule has 0 amide bonds. The van der Waals surface area contributed by atoms with Gasteiger partial charge in [0.2, 0.25) is 0 Å². The molecule has 3 heteroatoms. The van der Waals surface area contributed by atoms with Crippen molar-refractivity contribution in [1.29, 1.82) is 0 Å². The van der Waals surface area contributed by atoms with Crippen LogP contribution in [-0.2, 0) is 26.5 Å². The van der Waals surface area contributed by atoms with Crippen LogP contribution in [0.15, 0.2) is 0 Å². The Morgan fingerprint density at radius 2 is 1.80 bits per heavy atom. The predicted octanol–water partition coefficient (Wildman–Crippen LogP) is 0.0469. The topological polar surface area (TPSA) is 17.1 Å². The van der Waals surface area contributed by atoms with Gasteiger partial charge in [-0.3, -0.25) is 0 Å². The van der Waals surface area contributed by atoms with Crippen LogP contribution in [0.5, 0.6) is 0 Å². The molecule has 0 spiro atoms. The van der Waals surface area contributed by atoms with E-state index in [2.05, 4.69) is 0 Å². The molecule has 26 valence electrons. The van der Waals surface area contributed by atoms with E-state index in [0.717, 1.165) is 6.29 Å². The summed E-state index contributed by atoms with van der Waals surface area (Å²) in [6.45, 7) is 1.44. The molecule has 0 N–H and O–H groups in total. The van der Waals surface area contributed by atoms with E-state index in [9.17, 15) is 0 Å². The van der Waals surface area contributed by atoms with Gasteiger partial charge in [0.1, 0.15) is 6.29 Å². The maximum atomic E-state index is 8.81. The summed E-state index contributed by atoms with van der Waals surface area (Å²) in [5.74, 6) is 0. The van der Waals surface area contributed by atoms with Crippen molar-refractivity contribution in [3.63, 3.8) is 0 Å². The van der Waals surface area contributed by atoms with Crippen LogP contribution in [0.4, 0.5) is 0 Å². The van der Waals surface area contributed by atoms with Gasteiger partial charge < -0.3 is 7.65 Å². The summed E-state index contributed by atoms with van der Waals surface area (Å²) in [6.07, 6.45) is 0.750. The molecule has 0 aliphatic heterocycles. The van der Waals surface area contributed by atoms with Crippen molar-refractivity contribution in [1.82, 2.24) is 0 Å². The number of carbonyl (C=O) groups excluding carboxylic acids is 1. The minimum absolute atomic E-state index is 0. The molecule has 0 radical (unpaired) electrons. The van der Waals surface area contributed by atoms with Crippen LogP contribution >= 0.6 is 0 Å². The molecule has 0 atom stereocenters. The Morgan fingerprint density at radius 1 is 1.80 bits per heavy atom. The second-order valence-electron chi connectivity index (χ2n) is 0.236. The third-order valence-corrected chi connectivity index (χ3v) is 0. The number of hydrogen-bond acceptors (Lipinski definition) is 1. The van der Waals surface area contributed by atoms with Crippen LogP contribution < -0.4 is 0 Å². The van der Waals surface area contributed by atoms with Gasteiger partial charge in [0.25, 0.3) is 0 Å². The molecule has 0 aromatic rings. The number of hydrogen-bond donors (Lipinski definition) is 0. The van der Waals surface area contributed by atoms with E-state index in [1.165, 1.54) is 6.92 Å². The fraction of sp³-hybridized carbons (Fsp3) is 0.500. The Balaban J connectivity index is -0.00000000333. The van der Waals surface area contributed by atoms with Crippen molar-refractivity contribution in [3.05, 3.63) is 0 Å². The normalized spacial score (nSPS) is 2.60. The zero-order valence-corrected chi connectivity index (χ0v) is 6.17. The Labute approximate surface area is 65.5 Å². The minimum atomic E-state index is 0. The summed E-state index contributed by atoms with van der Waals surface area (Å²) >= 11 is 0. The first-order valence-electron chi connectivity index (χ1n) is 0.813. The standard InChI is InChI=1S/C2H4O.Mg.Ti.2H/c1-2-3;;;;/h2H,1H3;;;;/q;+2;;2*-1. The average molecular weight is 118 g/mol. The fourth-order valence-corrected chi connectivity index (χ4v) is 0. The molecule has 0 bridgehead atoms. The number of rotatable bonds is 0. The van der Waals surface area contributed by atoms with Crippen LogP contribution in [0.3, 0.4) is 0 Å². The molecule has 0 saturated heterocycles. The summed E-state index contributed by atoms with van der Waals surface area (Å²) < 4.78 is 0. The van der Waals surface area contributed by atoms with Crippen LogP contribution in [0.25, 0.3) is 0 Å². The van der Waals surface area contributed by atoms with Crippen molar-refractivity contribution in [3.8, 4) is 0 Å². The van der Waals surface area contributed by atoms with E-state index < -0.39 is 0 Å². The minimum Gasteiger partial charge on any atom is -1.00 e. The summed E-state index contributed by atoms with van der Waals surface area (Å²) in [4.78, 5) is 8.81. The van der Waals surface area contributed by atoms with E-state index in [4.69, 9.17) is 4.79 Å². The zero-order valence-electron chi connectivity index (χ0n) is 5.19. The second kappa shape index (κ2) is 19.2. The van der Waals surface area contributed by atoms with Gasteiger partial charge in [-0.2, -0.15) is 0 Å². The molecule has 0 aliphatic carbocycles. The Kier molecular flexibility index (Phi) is 63.1. The van der Waals surface area contributed by atoms with Gasteiger partial charge in [0.15, 0.2) is 0 Å². The molecular formula is C2H6MgOTi. The summed E-state index contributed by atoms with van der Waals surface area (Å²) in [6, 6.07) is 0. The first-order valence-corrected chi connectivity index (χ1v) is 0.813. The number of carbonyl (C=O) groups is 1. The van der Waals surface area contributed by atoms with Crippen LogP contribution in [-0.4, -0.2) is 29.3 Å². The summed E-state index contributed by atoms with van der Waals surface area (Å²) in [5, 5.41) is 0. The maximum Gasteiger partial charge on any atom is 2.00 e. The molecule has 0 heterocycles. The first-order chi connectivity index (χ1) is 1.41. The van der Waals surface area contributed by atoms with E-state index in [0.29, 0.717) is 0 Å². The Morgan fingerprint density at radius 3 is 1.80 bits per heavy atom. The van der Waals surface area contributed by atoms with E-state index in [1.54, 1.807) is 0 Å². The Hall–Kier alpha value is 1.15. The predicted molar refractivity (Wildman–Crippen MR) is 19.7 cm³/mol.